The Hall–Kier alpha value is -3.04. The summed E-state index contributed by atoms with van der Waals surface area (Å²) in [6.45, 7) is 7.66. The van der Waals surface area contributed by atoms with Gasteiger partial charge in [0.1, 0.15) is 5.75 Å². The number of hydrogen-bond donors (Lipinski definition) is 1. The van der Waals surface area contributed by atoms with Crippen LogP contribution in [0.5, 0.6) is 17.2 Å². The number of carbonyl (C=O) groups is 1. The fraction of sp³-hybridized carbons (Fsp3) is 0.483. The number of hydrogen-bond acceptors (Lipinski definition) is 7. The van der Waals surface area contributed by atoms with E-state index in [4.69, 9.17) is 18.4 Å². The highest BCUT2D eigenvalue weighted by molar-refractivity contribution is 7.87. The maximum atomic E-state index is 12.0. The van der Waals surface area contributed by atoms with Crippen molar-refractivity contribution in [3.05, 3.63) is 59.2 Å². The summed E-state index contributed by atoms with van der Waals surface area (Å²) >= 11 is 0. The van der Waals surface area contributed by atoms with Crippen LogP contribution in [0.2, 0.25) is 0 Å². The molecule has 0 radical (unpaired) electrons. The van der Waals surface area contributed by atoms with Gasteiger partial charge in [0.2, 0.25) is 0 Å². The molecule has 1 N–H and O–H groups in total. The largest absolute Gasteiger partial charge is 0.490 e. The minimum atomic E-state index is -3.58. The van der Waals surface area contributed by atoms with Crippen LogP contribution in [0.1, 0.15) is 64.0 Å². The van der Waals surface area contributed by atoms with E-state index in [1.165, 1.54) is 0 Å². The van der Waals surface area contributed by atoms with E-state index in [2.05, 4.69) is 6.92 Å². The number of ether oxygens (including phenoxy) is 3. The fourth-order valence-corrected chi connectivity index (χ4v) is 4.57. The van der Waals surface area contributed by atoms with Crippen molar-refractivity contribution in [2.24, 2.45) is 0 Å². The zero-order chi connectivity index (χ0) is 27.8. The molecule has 0 amide bonds. The van der Waals surface area contributed by atoms with E-state index < -0.39 is 16.1 Å². The SMILES string of the molecule is CCCCOc1cc(C=C(CCOCC)C(=O)O)ccc1OCCc1ccc(OS(=O)(=O)CCCC)cc1. The number of benzene rings is 2. The standard InChI is InChI=1S/C29H40O8S/c1-4-7-17-35-28-22-24(21-25(29(30)31)16-18-34-6-3)11-14-27(28)36-19-15-23-9-12-26(13-10-23)37-38(32,33)20-8-5-2/h9-14,21-22H,4-8,15-20H2,1-3H3,(H,30,31). The summed E-state index contributed by atoms with van der Waals surface area (Å²) in [4.78, 5) is 11.7. The van der Waals surface area contributed by atoms with Crippen LogP contribution in [-0.4, -0.2) is 51.7 Å². The van der Waals surface area contributed by atoms with Crippen molar-refractivity contribution in [1.82, 2.24) is 0 Å². The first-order valence-corrected chi connectivity index (χ1v) is 14.8. The third kappa shape index (κ3) is 11.6. The van der Waals surface area contributed by atoms with Crippen LogP contribution in [0.4, 0.5) is 0 Å². The van der Waals surface area contributed by atoms with Crippen molar-refractivity contribution >= 4 is 22.2 Å². The lowest BCUT2D eigenvalue weighted by atomic mass is 10.1. The summed E-state index contributed by atoms with van der Waals surface area (Å²) in [5, 5.41) is 9.55. The minimum absolute atomic E-state index is 0.00122. The molecule has 38 heavy (non-hydrogen) atoms. The summed E-state index contributed by atoms with van der Waals surface area (Å²) in [6, 6.07) is 12.3. The van der Waals surface area contributed by atoms with Gasteiger partial charge in [0, 0.05) is 25.0 Å². The van der Waals surface area contributed by atoms with Gasteiger partial charge in [-0.25, -0.2) is 4.79 Å². The quantitative estimate of drug-likeness (QED) is 0.132. The molecule has 0 aromatic heterocycles. The molecule has 0 aliphatic carbocycles. The Morgan fingerprint density at radius 1 is 0.895 bits per heavy atom. The molecule has 0 aliphatic rings. The average molecular weight is 549 g/mol. The second kappa shape index (κ2) is 16.7. The third-order valence-corrected chi connectivity index (χ3v) is 6.84. The van der Waals surface area contributed by atoms with Gasteiger partial charge in [-0.2, -0.15) is 8.42 Å². The first-order chi connectivity index (χ1) is 18.3. The van der Waals surface area contributed by atoms with Gasteiger partial charge in [0.25, 0.3) is 0 Å². The van der Waals surface area contributed by atoms with Gasteiger partial charge >= 0.3 is 16.1 Å². The van der Waals surface area contributed by atoms with Crippen LogP contribution >= 0.6 is 0 Å². The van der Waals surface area contributed by atoms with Crippen molar-refractivity contribution in [3.63, 3.8) is 0 Å². The van der Waals surface area contributed by atoms with E-state index in [-0.39, 0.29) is 11.3 Å². The summed E-state index contributed by atoms with van der Waals surface area (Å²) in [5.41, 5.74) is 1.94. The van der Waals surface area contributed by atoms with Gasteiger partial charge in [0.15, 0.2) is 11.5 Å². The zero-order valence-electron chi connectivity index (χ0n) is 22.6. The smallest absolute Gasteiger partial charge is 0.331 e. The van der Waals surface area contributed by atoms with Crippen molar-refractivity contribution in [2.75, 3.05) is 32.2 Å². The second-order valence-corrected chi connectivity index (χ2v) is 10.5. The molecule has 2 rings (SSSR count). The van der Waals surface area contributed by atoms with Crippen LogP contribution in [0.3, 0.4) is 0 Å². The Kier molecular flexibility index (Phi) is 13.7. The molecule has 0 fully saturated rings. The first-order valence-electron chi connectivity index (χ1n) is 13.2. The highest BCUT2D eigenvalue weighted by atomic mass is 32.2. The van der Waals surface area contributed by atoms with E-state index in [0.717, 1.165) is 24.8 Å². The highest BCUT2D eigenvalue weighted by Crippen LogP contribution is 2.30. The number of carboxylic acid groups (broad SMARTS) is 1. The van der Waals surface area contributed by atoms with Gasteiger partial charge in [-0.3, -0.25) is 0 Å². The number of rotatable bonds is 19. The Morgan fingerprint density at radius 3 is 2.26 bits per heavy atom. The maximum Gasteiger partial charge on any atom is 0.331 e. The lowest BCUT2D eigenvalue weighted by Gasteiger charge is -2.14. The molecule has 8 nitrogen and oxygen atoms in total. The summed E-state index contributed by atoms with van der Waals surface area (Å²) in [5.74, 6) is 0.451. The van der Waals surface area contributed by atoms with Crippen LogP contribution in [0.15, 0.2) is 48.0 Å². The van der Waals surface area contributed by atoms with E-state index in [0.29, 0.717) is 68.5 Å². The number of aliphatic carboxylic acids is 1. The Labute approximate surface area is 226 Å². The van der Waals surface area contributed by atoms with Gasteiger partial charge < -0.3 is 23.5 Å². The van der Waals surface area contributed by atoms with Crippen LogP contribution < -0.4 is 13.7 Å². The predicted molar refractivity (Wildman–Crippen MR) is 149 cm³/mol. The predicted octanol–water partition coefficient (Wildman–Crippen LogP) is 5.89. The number of carboxylic acids is 1. The van der Waals surface area contributed by atoms with E-state index in [9.17, 15) is 18.3 Å². The van der Waals surface area contributed by atoms with Crippen LogP contribution in [0, 0.1) is 0 Å². The molecule has 9 heteroatoms. The molecule has 0 saturated carbocycles. The van der Waals surface area contributed by atoms with Gasteiger partial charge in [-0.05, 0) is 61.2 Å². The average Bonchev–Trinajstić information content (AvgIpc) is 2.89. The molecule has 0 heterocycles. The lowest BCUT2D eigenvalue weighted by Crippen LogP contribution is -2.13. The molecule has 0 unspecified atom stereocenters. The van der Waals surface area contributed by atoms with Gasteiger partial charge in [-0.15, -0.1) is 0 Å². The third-order valence-electron chi connectivity index (χ3n) is 5.60. The second-order valence-electron chi connectivity index (χ2n) is 8.77. The Bertz CT molecular complexity index is 1120. The molecule has 0 aliphatic heterocycles. The van der Waals surface area contributed by atoms with Crippen molar-refractivity contribution in [2.45, 2.75) is 59.3 Å². The fourth-order valence-electron chi connectivity index (χ4n) is 3.44. The van der Waals surface area contributed by atoms with Crippen LogP contribution in [-0.2, 0) is 26.1 Å². The van der Waals surface area contributed by atoms with Crippen LogP contribution in [0.25, 0.3) is 6.08 Å². The molecular formula is C29H40O8S. The Morgan fingerprint density at radius 2 is 1.61 bits per heavy atom. The van der Waals surface area contributed by atoms with E-state index in [1.54, 1.807) is 36.4 Å². The first kappa shape index (κ1) is 31.2. The molecule has 0 bridgehead atoms. The maximum absolute atomic E-state index is 12.0. The van der Waals surface area contributed by atoms with Gasteiger partial charge in [0.05, 0.1) is 25.6 Å². The topological polar surface area (TPSA) is 108 Å². The van der Waals surface area contributed by atoms with E-state index in [1.807, 2.05) is 26.0 Å². The monoisotopic (exact) mass is 548 g/mol. The molecule has 0 atom stereocenters. The molecule has 0 saturated heterocycles. The molecule has 0 spiro atoms. The Balaban J connectivity index is 2.05. The normalized spacial score (nSPS) is 11.8. The minimum Gasteiger partial charge on any atom is -0.490 e. The molecular weight excluding hydrogens is 508 g/mol. The van der Waals surface area contributed by atoms with Crippen molar-refractivity contribution in [1.29, 1.82) is 0 Å². The van der Waals surface area contributed by atoms with Crippen molar-refractivity contribution in [3.8, 4) is 17.2 Å². The summed E-state index contributed by atoms with van der Waals surface area (Å²) in [6.07, 6.45) is 5.75. The molecule has 210 valence electrons. The zero-order valence-corrected chi connectivity index (χ0v) is 23.4. The molecule has 2 aromatic carbocycles. The highest BCUT2D eigenvalue weighted by Gasteiger charge is 2.13. The summed E-state index contributed by atoms with van der Waals surface area (Å²) in [7, 11) is -3.58. The molecule has 2 aromatic rings. The lowest BCUT2D eigenvalue weighted by molar-refractivity contribution is -0.132. The van der Waals surface area contributed by atoms with Crippen molar-refractivity contribution < 1.29 is 36.7 Å². The van der Waals surface area contributed by atoms with E-state index >= 15 is 0 Å². The summed E-state index contributed by atoms with van der Waals surface area (Å²) < 4.78 is 46.4. The van der Waals surface area contributed by atoms with Gasteiger partial charge in [-0.1, -0.05) is 44.9 Å². The number of unbranched alkanes of at least 4 members (excludes halogenated alkanes) is 2.